The molecule has 2 rings (SSSR count). The Morgan fingerprint density at radius 3 is 2.76 bits per heavy atom. The normalized spacial score (nSPS) is 25.0. The zero-order valence-corrected chi connectivity index (χ0v) is 13.9. The fraction of sp³-hybridized carbons (Fsp3) is 0.611. The summed E-state index contributed by atoms with van der Waals surface area (Å²) < 4.78 is 0. The first-order valence-electron chi connectivity index (χ1n) is 8.18. The van der Waals surface area contributed by atoms with E-state index in [4.69, 9.17) is 0 Å². The lowest BCUT2D eigenvalue weighted by Crippen LogP contribution is -2.38. The molecule has 116 valence electrons. The number of rotatable bonds is 1. The van der Waals surface area contributed by atoms with Gasteiger partial charge in [0.05, 0.1) is 5.92 Å². The van der Waals surface area contributed by atoms with E-state index in [9.17, 15) is 4.79 Å². The van der Waals surface area contributed by atoms with Crippen LogP contribution < -0.4 is 5.32 Å². The fourth-order valence-electron chi connectivity index (χ4n) is 3.00. The third-order valence-electron chi connectivity index (χ3n) is 4.31. The van der Waals surface area contributed by atoms with Gasteiger partial charge in [-0.15, -0.1) is 0 Å². The molecule has 2 bridgehead atoms. The van der Waals surface area contributed by atoms with Crippen LogP contribution in [0, 0.1) is 5.92 Å². The highest BCUT2D eigenvalue weighted by Gasteiger charge is 2.19. The van der Waals surface area contributed by atoms with Gasteiger partial charge in [-0.2, -0.15) is 12.6 Å². The molecule has 3 heteroatoms. The average Bonchev–Trinajstić information content (AvgIpc) is 2.47. The summed E-state index contributed by atoms with van der Waals surface area (Å²) in [5.41, 5.74) is 2.66. The minimum absolute atomic E-state index is 0.0334. The maximum absolute atomic E-state index is 12.4. The van der Waals surface area contributed by atoms with E-state index in [2.05, 4.69) is 49.1 Å². The maximum Gasteiger partial charge on any atom is 0.224 e. The lowest BCUT2D eigenvalue weighted by molar-refractivity contribution is -0.124. The van der Waals surface area contributed by atoms with Crippen LogP contribution in [0.1, 0.15) is 50.2 Å². The zero-order chi connectivity index (χ0) is 15.1. The summed E-state index contributed by atoms with van der Waals surface area (Å²) in [6.07, 6.45) is 8.03. The van der Waals surface area contributed by atoms with Crippen molar-refractivity contribution in [2.75, 3.05) is 5.75 Å². The Morgan fingerprint density at radius 2 is 1.95 bits per heavy atom. The first-order valence-corrected chi connectivity index (χ1v) is 8.81. The van der Waals surface area contributed by atoms with E-state index < -0.39 is 0 Å². The lowest BCUT2D eigenvalue weighted by Gasteiger charge is -2.20. The van der Waals surface area contributed by atoms with Gasteiger partial charge in [-0.25, -0.2) is 0 Å². The van der Waals surface area contributed by atoms with Crippen LogP contribution in [0.4, 0.5) is 0 Å². The van der Waals surface area contributed by atoms with E-state index in [0.717, 1.165) is 19.3 Å². The molecule has 0 saturated carbocycles. The molecule has 1 aromatic rings. The molecule has 1 aliphatic heterocycles. The van der Waals surface area contributed by atoms with Crippen molar-refractivity contribution < 1.29 is 4.79 Å². The highest BCUT2D eigenvalue weighted by atomic mass is 32.1. The molecule has 0 radical (unpaired) electrons. The van der Waals surface area contributed by atoms with Gasteiger partial charge >= 0.3 is 0 Å². The minimum atomic E-state index is -0.0334. The van der Waals surface area contributed by atoms with Crippen LogP contribution in [0.3, 0.4) is 0 Å². The molecule has 1 heterocycles. The summed E-state index contributed by atoms with van der Waals surface area (Å²) >= 11 is 4.38. The first kappa shape index (κ1) is 16.4. The lowest BCUT2D eigenvalue weighted by atomic mass is 9.95. The molecule has 0 saturated heterocycles. The Kier molecular flexibility index (Phi) is 6.62. The predicted octanol–water partition coefficient (Wildman–Crippen LogP) is 3.79. The van der Waals surface area contributed by atoms with Crippen LogP contribution in [0.2, 0.25) is 0 Å². The third-order valence-corrected chi connectivity index (χ3v) is 4.75. The van der Waals surface area contributed by atoms with Crippen molar-refractivity contribution in [2.45, 2.75) is 57.9 Å². The Bertz CT molecular complexity index is 460. The van der Waals surface area contributed by atoms with Gasteiger partial charge in [-0.3, -0.25) is 4.79 Å². The Balaban J connectivity index is 2.13. The highest BCUT2D eigenvalue weighted by molar-refractivity contribution is 7.80. The van der Waals surface area contributed by atoms with Crippen LogP contribution in [0.5, 0.6) is 0 Å². The zero-order valence-electron chi connectivity index (χ0n) is 13.0. The number of hydrogen-bond donors (Lipinski definition) is 2. The molecule has 0 spiro atoms. The molecular formula is C18H27NOS. The van der Waals surface area contributed by atoms with Crippen molar-refractivity contribution in [3.05, 3.63) is 35.4 Å². The molecule has 0 aromatic heterocycles. The molecule has 1 N–H and O–H groups in total. The third kappa shape index (κ3) is 5.39. The molecule has 2 unspecified atom stereocenters. The van der Waals surface area contributed by atoms with E-state index >= 15 is 0 Å². The van der Waals surface area contributed by atoms with E-state index in [1.54, 1.807) is 0 Å². The SMILES string of the molecule is CC1CCCCCCc2cccc(c2)CC(CS)C(=O)N1. The van der Waals surface area contributed by atoms with Crippen LogP contribution in [0.25, 0.3) is 0 Å². The molecule has 2 atom stereocenters. The van der Waals surface area contributed by atoms with Gasteiger partial charge in [-0.1, -0.05) is 43.5 Å². The molecule has 2 nitrogen and oxygen atoms in total. The number of aryl methyl sites for hydroxylation is 1. The van der Waals surface area contributed by atoms with Gasteiger partial charge in [-0.05, 0) is 43.7 Å². The minimum Gasteiger partial charge on any atom is -0.353 e. The van der Waals surface area contributed by atoms with Crippen LogP contribution in [0.15, 0.2) is 24.3 Å². The first-order chi connectivity index (χ1) is 10.2. The maximum atomic E-state index is 12.4. The smallest absolute Gasteiger partial charge is 0.224 e. The van der Waals surface area contributed by atoms with Gasteiger partial charge in [0.25, 0.3) is 0 Å². The molecule has 21 heavy (non-hydrogen) atoms. The topological polar surface area (TPSA) is 29.1 Å². The largest absolute Gasteiger partial charge is 0.353 e. The number of benzene rings is 1. The summed E-state index contributed by atoms with van der Waals surface area (Å²) in [5.74, 6) is 0.719. The summed E-state index contributed by atoms with van der Waals surface area (Å²) in [6, 6.07) is 8.98. The summed E-state index contributed by atoms with van der Waals surface area (Å²) in [4.78, 5) is 12.4. The van der Waals surface area contributed by atoms with Gasteiger partial charge in [0, 0.05) is 11.8 Å². The molecule has 1 aromatic carbocycles. The Labute approximate surface area is 134 Å². The summed E-state index contributed by atoms with van der Waals surface area (Å²) in [5, 5.41) is 3.15. The number of fused-ring (bicyclic) bond motifs is 2. The van der Waals surface area contributed by atoms with Crippen molar-refractivity contribution in [2.24, 2.45) is 5.92 Å². The van der Waals surface area contributed by atoms with Crippen molar-refractivity contribution in [1.82, 2.24) is 5.32 Å². The second-order valence-electron chi connectivity index (χ2n) is 6.27. The monoisotopic (exact) mass is 305 g/mol. The fourth-order valence-corrected chi connectivity index (χ4v) is 3.30. The van der Waals surface area contributed by atoms with E-state index in [0.29, 0.717) is 5.75 Å². The second-order valence-corrected chi connectivity index (χ2v) is 6.63. The summed E-state index contributed by atoms with van der Waals surface area (Å²) in [7, 11) is 0. The second kappa shape index (κ2) is 8.47. The number of nitrogens with one attached hydrogen (secondary N) is 1. The van der Waals surface area contributed by atoms with Crippen molar-refractivity contribution >= 4 is 18.5 Å². The molecule has 1 aliphatic rings. The van der Waals surface area contributed by atoms with Gasteiger partial charge < -0.3 is 5.32 Å². The quantitative estimate of drug-likeness (QED) is 0.760. The number of carbonyl (C=O) groups is 1. The van der Waals surface area contributed by atoms with Crippen LogP contribution in [-0.4, -0.2) is 17.7 Å². The van der Waals surface area contributed by atoms with Crippen molar-refractivity contribution in [1.29, 1.82) is 0 Å². The number of carbonyl (C=O) groups excluding carboxylic acids is 1. The highest BCUT2D eigenvalue weighted by Crippen LogP contribution is 2.17. The van der Waals surface area contributed by atoms with Gasteiger partial charge in [0.15, 0.2) is 0 Å². The van der Waals surface area contributed by atoms with Crippen molar-refractivity contribution in [3.8, 4) is 0 Å². The summed E-state index contributed by atoms with van der Waals surface area (Å²) in [6.45, 7) is 2.11. The van der Waals surface area contributed by atoms with E-state index in [1.165, 1.54) is 36.8 Å². The van der Waals surface area contributed by atoms with E-state index in [-0.39, 0.29) is 17.9 Å². The van der Waals surface area contributed by atoms with Crippen molar-refractivity contribution in [3.63, 3.8) is 0 Å². The van der Waals surface area contributed by atoms with E-state index in [1.807, 2.05) is 0 Å². The number of amides is 1. The van der Waals surface area contributed by atoms with Crippen LogP contribution in [-0.2, 0) is 17.6 Å². The molecule has 1 amide bonds. The predicted molar refractivity (Wildman–Crippen MR) is 91.9 cm³/mol. The molecule has 0 aliphatic carbocycles. The number of hydrogen-bond acceptors (Lipinski definition) is 2. The average molecular weight is 305 g/mol. The number of thiol groups is 1. The van der Waals surface area contributed by atoms with Gasteiger partial charge in [0.1, 0.15) is 0 Å². The molecular weight excluding hydrogens is 278 g/mol. The van der Waals surface area contributed by atoms with Gasteiger partial charge in [0.2, 0.25) is 5.91 Å². The standard InChI is InChI=1S/C18H27NOS/c1-14-7-4-2-3-5-8-15-9-6-10-16(11-15)12-17(13-21)18(20)19-14/h6,9-11,14,17,21H,2-5,7-8,12-13H2,1H3,(H,19,20). The Morgan fingerprint density at radius 1 is 1.19 bits per heavy atom. The molecule has 0 fully saturated rings. The Hall–Kier alpha value is -0.960. The van der Waals surface area contributed by atoms with Crippen LogP contribution >= 0.6 is 12.6 Å².